The van der Waals surface area contributed by atoms with Crippen molar-refractivity contribution in [1.29, 1.82) is 0 Å². The van der Waals surface area contributed by atoms with Gasteiger partial charge in [0.25, 0.3) is 5.91 Å². The van der Waals surface area contributed by atoms with Crippen molar-refractivity contribution >= 4 is 11.8 Å². The van der Waals surface area contributed by atoms with Crippen LogP contribution in [-0.4, -0.2) is 54.9 Å². The summed E-state index contributed by atoms with van der Waals surface area (Å²) in [6.07, 6.45) is 0.959. The zero-order valence-electron chi connectivity index (χ0n) is 15.4. The van der Waals surface area contributed by atoms with Gasteiger partial charge in [0.2, 0.25) is 5.91 Å². The number of methoxy groups -OCH3 is 1. The SMILES string of the molecule is COc1ccccc1CC(=O)N1CCCN(C(=O)c2cccc(F)c2)CC1. The molecule has 1 heterocycles. The summed E-state index contributed by atoms with van der Waals surface area (Å²) < 4.78 is 18.7. The van der Waals surface area contributed by atoms with E-state index in [4.69, 9.17) is 4.74 Å². The van der Waals surface area contributed by atoms with E-state index in [0.29, 0.717) is 43.9 Å². The molecule has 0 atom stereocenters. The van der Waals surface area contributed by atoms with E-state index in [0.717, 1.165) is 5.56 Å². The van der Waals surface area contributed by atoms with Gasteiger partial charge < -0.3 is 14.5 Å². The lowest BCUT2D eigenvalue weighted by Crippen LogP contribution is -2.38. The predicted octanol–water partition coefficient (Wildman–Crippen LogP) is 2.75. The van der Waals surface area contributed by atoms with Gasteiger partial charge in [-0.15, -0.1) is 0 Å². The van der Waals surface area contributed by atoms with Crippen molar-refractivity contribution in [2.45, 2.75) is 12.8 Å². The number of benzene rings is 2. The number of carbonyl (C=O) groups excluding carboxylic acids is 2. The Bertz CT molecular complexity index is 825. The van der Waals surface area contributed by atoms with Gasteiger partial charge in [0.15, 0.2) is 0 Å². The minimum atomic E-state index is -0.427. The Morgan fingerprint density at radius 1 is 1.00 bits per heavy atom. The summed E-state index contributed by atoms with van der Waals surface area (Å²) in [5.41, 5.74) is 1.19. The smallest absolute Gasteiger partial charge is 0.254 e. The number of para-hydroxylation sites is 1. The summed E-state index contributed by atoms with van der Waals surface area (Å²) in [7, 11) is 1.59. The maximum Gasteiger partial charge on any atom is 0.254 e. The Kier molecular flexibility index (Phi) is 6.06. The largest absolute Gasteiger partial charge is 0.496 e. The highest BCUT2D eigenvalue weighted by Gasteiger charge is 2.23. The van der Waals surface area contributed by atoms with Gasteiger partial charge in [-0.05, 0) is 30.7 Å². The Labute approximate surface area is 158 Å². The molecule has 2 aromatic carbocycles. The molecule has 0 aromatic heterocycles. The van der Waals surface area contributed by atoms with Crippen molar-refractivity contribution in [2.75, 3.05) is 33.3 Å². The van der Waals surface area contributed by atoms with E-state index in [1.54, 1.807) is 23.0 Å². The van der Waals surface area contributed by atoms with Crippen LogP contribution in [0.2, 0.25) is 0 Å². The van der Waals surface area contributed by atoms with E-state index in [-0.39, 0.29) is 18.2 Å². The Hall–Kier alpha value is -2.89. The van der Waals surface area contributed by atoms with Gasteiger partial charge in [-0.25, -0.2) is 4.39 Å². The van der Waals surface area contributed by atoms with E-state index in [2.05, 4.69) is 0 Å². The molecule has 1 saturated heterocycles. The third-order valence-electron chi connectivity index (χ3n) is 4.74. The maximum absolute atomic E-state index is 13.4. The monoisotopic (exact) mass is 370 g/mol. The van der Waals surface area contributed by atoms with Crippen LogP contribution in [-0.2, 0) is 11.2 Å². The van der Waals surface area contributed by atoms with E-state index < -0.39 is 5.82 Å². The molecule has 1 aliphatic heterocycles. The first-order valence-corrected chi connectivity index (χ1v) is 9.03. The van der Waals surface area contributed by atoms with Crippen LogP contribution < -0.4 is 4.74 Å². The fourth-order valence-corrected chi connectivity index (χ4v) is 3.30. The van der Waals surface area contributed by atoms with Crippen LogP contribution in [0, 0.1) is 5.82 Å². The maximum atomic E-state index is 13.4. The lowest BCUT2D eigenvalue weighted by molar-refractivity contribution is -0.130. The van der Waals surface area contributed by atoms with Crippen LogP contribution in [0.1, 0.15) is 22.3 Å². The Morgan fingerprint density at radius 2 is 1.74 bits per heavy atom. The summed E-state index contributed by atoms with van der Waals surface area (Å²) in [5.74, 6) is 0.0842. The van der Waals surface area contributed by atoms with Crippen molar-refractivity contribution < 1.29 is 18.7 Å². The highest BCUT2D eigenvalue weighted by Crippen LogP contribution is 2.19. The molecule has 3 rings (SSSR count). The van der Waals surface area contributed by atoms with Gasteiger partial charge in [0, 0.05) is 37.3 Å². The first-order chi connectivity index (χ1) is 13.1. The van der Waals surface area contributed by atoms with E-state index in [1.165, 1.54) is 18.2 Å². The van der Waals surface area contributed by atoms with Crippen molar-refractivity contribution in [1.82, 2.24) is 9.80 Å². The van der Waals surface area contributed by atoms with Crippen molar-refractivity contribution in [3.63, 3.8) is 0 Å². The van der Waals surface area contributed by atoms with Gasteiger partial charge in [0.05, 0.1) is 13.5 Å². The van der Waals surface area contributed by atoms with Gasteiger partial charge >= 0.3 is 0 Å². The number of carbonyl (C=O) groups is 2. The zero-order chi connectivity index (χ0) is 19.2. The highest BCUT2D eigenvalue weighted by molar-refractivity contribution is 5.94. The molecule has 0 aliphatic carbocycles. The molecule has 5 nitrogen and oxygen atoms in total. The first kappa shape index (κ1) is 18.9. The van der Waals surface area contributed by atoms with Crippen molar-refractivity contribution in [3.05, 3.63) is 65.5 Å². The van der Waals surface area contributed by atoms with Crippen LogP contribution >= 0.6 is 0 Å². The fourth-order valence-electron chi connectivity index (χ4n) is 3.30. The van der Waals surface area contributed by atoms with Crippen molar-refractivity contribution in [3.8, 4) is 5.75 Å². The molecule has 6 heteroatoms. The van der Waals surface area contributed by atoms with Gasteiger partial charge in [-0.3, -0.25) is 9.59 Å². The lowest BCUT2D eigenvalue weighted by atomic mass is 10.1. The van der Waals surface area contributed by atoms with Gasteiger partial charge in [-0.2, -0.15) is 0 Å². The number of rotatable bonds is 4. The average Bonchev–Trinajstić information content (AvgIpc) is 2.94. The van der Waals surface area contributed by atoms with Crippen LogP contribution in [0.4, 0.5) is 4.39 Å². The highest BCUT2D eigenvalue weighted by atomic mass is 19.1. The fraction of sp³-hybridized carbons (Fsp3) is 0.333. The molecule has 1 aliphatic rings. The second-order valence-corrected chi connectivity index (χ2v) is 6.53. The van der Waals surface area contributed by atoms with Crippen LogP contribution in [0.15, 0.2) is 48.5 Å². The summed E-state index contributed by atoms with van der Waals surface area (Å²) in [6.45, 7) is 2.05. The topological polar surface area (TPSA) is 49.9 Å². The molecule has 0 N–H and O–H groups in total. The molecule has 0 unspecified atom stereocenters. The molecule has 0 spiro atoms. The third-order valence-corrected chi connectivity index (χ3v) is 4.74. The molecule has 2 amide bonds. The number of amides is 2. The zero-order valence-corrected chi connectivity index (χ0v) is 15.4. The minimum Gasteiger partial charge on any atom is -0.496 e. The van der Waals surface area contributed by atoms with Crippen LogP contribution in [0.3, 0.4) is 0 Å². The second kappa shape index (κ2) is 8.66. The minimum absolute atomic E-state index is 0.0135. The third kappa shape index (κ3) is 4.64. The Balaban J connectivity index is 1.62. The number of hydrogen-bond donors (Lipinski definition) is 0. The van der Waals surface area contributed by atoms with Crippen LogP contribution in [0.5, 0.6) is 5.75 Å². The quantitative estimate of drug-likeness (QED) is 0.832. The molecular formula is C21H23FN2O3. The van der Waals surface area contributed by atoms with Gasteiger partial charge in [0.1, 0.15) is 11.6 Å². The number of halogens is 1. The standard InChI is InChI=1S/C21H23FN2O3/c1-27-19-9-3-2-6-16(19)15-20(25)23-10-5-11-24(13-12-23)21(26)17-7-4-8-18(22)14-17/h2-4,6-9,14H,5,10-13,15H2,1H3. The van der Waals surface area contributed by atoms with E-state index in [1.807, 2.05) is 24.3 Å². The number of ether oxygens (including phenoxy) is 1. The molecule has 2 aromatic rings. The van der Waals surface area contributed by atoms with Gasteiger partial charge in [-0.1, -0.05) is 24.3 Å². The first-order valence-electron chi connectivity index (χ1n) is 9.03. The molecule has 1 fully saturated rings. The summed E-state index contributed by atoms with van der Waals surface area (Å²) in [5, 5.41) is 0. The normalized spacial score (nSPS) is 14.6. The predicted molar refractivity (Wildman–Crippen MR) is 100 cm³/mol. The second-order valence-electron chi connectivity index (χ2n) is 6.53. The van der Waals surface area contributed by atoms with E-state index in [9.17, 15) is 14.0 Å². The number of hydrogen-bond acceptors (Lipinski definition) is 3. The average molecular weight is 370 g/mol. The lowest BCUT2D eigenvalue weighted by Gasteiger charge is -2.22. The molecule has 27 heavy (non-hydrogen) atoms. The van der Waals surface area contributed by atoms with Crippen LogP contribution in [0.25, 0.3) is 0 Å². The number of nitrogens with zero attached hydrogens (tertiary/aromatic N) is 2. The molecular weight excluding hydrogens is 347 g/mol. The molecule has 0 saturated carbocycles. The summed E-state index contributed by atoms with van der Waals surface area (Å²) in [6, 6.07) is 13.2. The summed E-state index contributed by atoms with van der Waals surface area (Å²) in [4.78, 5) is 28.8. The summed E-state index contributed by atoms with van der Waals surface area (Å²) >= 11 is 0. The van der Waals surface area contributed by atoms with Crippen molar-refractivity contribution in [2.24, 2.45) is 0 Å². The molecule has 0 radical (unpaired) electrons. The molecule has 0 bridgehead atoms. The molecule has 142 valence electrons. The van der Waals surface area contributed by atoms with E-state index >= 15 is 0 Å². The Morgan fingerprint density at radius 3 is 2.52 bits per heavy atom.